The first-order valence-electron chi connectivity index (χ1n) is 10.5. The van der Waals surface area contributed by atoms with Gasteiger partial charge >= 0.3 is 6.03 Å². The van der Waals surface area contributed by atoms with Gasteiger partial charge in [-0.3, -0.25) is 4.79 Å². The summed E-state index contributed by atoms with van der Waals surface area (Å²) in [5.41, 5.74) is 2.44. The molecule has 0 spiro atoms. The monoisotopic (exact) mass is 405 g/mol. The minimum Gasteiger partial charge on any atom is -0.352 e. The SMILES string of the molecule is CCCn1c(=O)c(N2CCC(NC(=O)Nc3ccccc3)CC2)nc2ccccc21. The predicted molar refractivity (Wildman–Crippen MR) is 120 cm³/mol. The van der Waals surface area contributed by atoms with Gasteiger partial charge in [0.1, 0.15) is 0 Å². The van der Waals surface area contributed by atoms with Gasteiger partial charge in [-0.15, -0.1) is 0 Å². The Morgan fingerprint density at radius 2 is 1.77 bits per heavy atom. The van der Waals surface area contributed by atoms with Crippen molar-refractivity contribution in [2.24, 2.45) is 0 Å². The maximum absolute atomic E-state index is 13.1. The number of piperidine rings is 1. The summed E-state index contributed by atoms with van der Waals surface area (Å²) >= 11 is 0. The van der Waals surface area contributed by atoms with E-state index < -0.39 is 0 Å². The van der Waals surface area contributed by atoms with Gasteiger partial charge in [-0.1, -0.05) is 37.3 Å². The summed E-state index contributed by atoms with van der Waals surface area (Å²) in [5.74, 6) is 0.509. The molecule has 4 rings (SSSR count). The standard InChI is InChI=1S/C23H27N5O2/c1-2-14-28-20-11-7-6-10-19(20)26-21(22(28)29)27-15-12-18(13-16-27)25-23(30)24-17-8-4-3-5-9-17/h3-11,18H,2,12-16H2,1H3,(H2,24,25,30). The van der Waals surface area contributed by atoms with Crippen molar-refractivity contribution in [1.29, 1.82) is 0 Å². The van der Waals surface area contributed by atoms with Crippen LogP contribution in [0.4, 0.5) is 16.3 Å². The molecule has 7 nitrogen and oxygen atoms in total. The predicted octanol–water partition coefficient (Wildman–Crippen LogP) is 3.60. The lowest BCUT2D eigenvalue weighted by Gasteiger charge is -2.33. The molecule has 0 aliphatic carbocycles. The van der Waals surface area contributed by atoms with E-state index in [4.69, 9.17) is 0 Å². The van der Waals surface area contributed by atoms with Crippen molar-refractivity contribution in [2.75, 3.05) is 23.3 Å². The molecule has 156 valence electrons. The van der Waals surface area contributed by atoms with Gasteiger partial charge in [0.25, 0.3) is 5.56 Å². The molecule has 2 amide bonds. The Balaban J connectivity index is 1.44. The van der Waals surface area contributed by atoms with E-state index in [0.29, 0.717) is 25.5 Å². The first kappa shape index (κ1) is 19.9. The number of benzene rings is 2. The summed E-state index contributed by atoms with van der Waals surface area (Å²) in [6, 6.07) is 17.0. The first-order chi connectivity index (χ1) is 14.7. The number of para-hydroxylation sites is 3. The van der Waals surface area contributed by atoms with Crippen LogP contribution in [0.15, 0.2) is 59.4 Å². The molecule has 1 aliphatic rings. The van der Waals surface area contributed by atoms with Crippen molar-refractivity contribution in [2.45, 2.75) is 38.8 Å². The summed E-state index contributed by atoms with van der Waals surface area (Å²) < 4.78 is 1.83. The smallest absolute Gasteiger partial charge is 0.319 e. The average Bonchev–Trinajstić information content (AvgIpc) is 2.77. The quantitative estimate of drug-likeness (QED) is 0.680. The van der Waals surface area contributed by atoms with E-state index in [1.807, 2.05) is 64.1 Å². The number of urea groups is 1. The Kier molecular flexibility index (Phi) is 5.97. The summed E-state index contributed by atoms with van der Waals surface area (Å²) in [6.45, 7) is 4.11. The number of nitrogens with one attached hydrogen (secondary N) is 2. The molecule has 3 aromatic rings. The summed E-state index contributed by atoms with van der Waals surface area (Å²) in [5, 5.41) is 5.89. The zero-order chi connectivity index (χ0) is 20.9. The third kappa shape index (κ3) is 4.30. The molecular weight excluding hydrogens is 378 g/mol. The van der Waals surface area contributed by atoms with Crippen molar-refractivity contribution in [3.63, 3.8) is 0 Å². The molecule has 0 unspecified atom stereocenters. The molecule has 2 N–H and O–H groups in total. The third-order valence-corrected chi connectivity index (χ3v) is 5.44. The number of carbonyl (C=O) groups excluding carboxylic acids is 1. The van der Waals surface area contributed by atoms with Gasteiger partial charge in [0.15, 0.2) is 5.82 Å². The second-order valence-electron chi connectivity index (χ2n) is 7.61. The number of fused-ring (bicyclic) bond motifs is 1. The van der Waals surface area contributed by atoms with Crippen LogP contribution in [0.3, 0.4) is 0 Å². The van der Waals surface area contributed by atoms with E-state index in [2.05, 4.69) is 22.5 Å². The van der Waals surface area contributed by atoms with Gasteiger partial charge in [-0.05, 0) is 43.5 Å². The zero-order valence-corrected chi connectivity index (χ0v) is 17.2. The molecule has 30 heavy (non-hydrogen) atoms. The fourth-order valence-electron chi connectivity index (χ4n) is 3.94. The van der Waals surface area contributed by atoms with Crippen molar-refractivity contribution in [3.8, 4) is 0 Å². The van der Waals surface area contributed by atoms with E-state index in [1.165, 1.54) is 0 Å². The van der Waals surface area contributed by atoms with Crippen molar-refractivity contribution >= 4 is 28.6 Å². The molecule has 0 bridgehead atoms. The van der Waals surface area contributed by atoms with E-state index in [9.17, 15) is 9.59 Å². The highest BCUT2D eigenvalue weighted by Crippen LogP contribution is 2.19. The van der Waals surface area contributed by atoms with Crippen molar-refractivity contribution in [3.05, 3.63) is 65.0 Å². The van der Waals surface area contributed by atoms with E-state index in [0.717, 1.165) is 36.0 Å². The highest BCUT2D eigenvalue weighted by Gasteiger charge is 2.24. The maximum Gasteiger partial charge on any atom is 0.319 e. The number of carbonyl (C=O) groups is 1. The Labute approximate surface area is 175 Å². The van der Waals surface area contributed by atoms with Gasteiger partial charge in [0, 0.05) is 31.4 Å². The number of anilines is 2. The largest absolute Gasteiger partial charge is 0.352 e. The highest BCUT2D eigenvalue weighted by molar-refractivity contribution is 5.89. The first-order valence-corrected chi connectivity index (χ1v) is 10.5. The molecule has 1 fully saturated rings. The fourth-order valence-corrected chi connectivity index (χ4v) is 3.94. The molecule has 0 radical (unpaired) electrons. The molecule has 2 aromatic carbocycles. The zero-order valence-electron chi connectivity index (χ0n) is 17.2. The molecule has 0 atom stereocenters. The molecule has 7 heteroatoms. The Hall–Kier alpha value is -3.35. The number of amides is 2. The third-order valence-electron chi connectivity index (χ3n) is 5.44. The fraction of sp³-hybridized carbons (Fsp3) is 0.348. The number of aromatic nitrogens is 2. The Bertz CT molecular complexity index is 1070. The van der Waals surface area contributed by atoms with Crippen LogP contribution in [0.25, 0.3) is 11.0 Å². The molecule has 2 heterocycles. The number of aryl methyl sites for hydroxylation is 1. The highest BCUT2D eigenvalue weighted by atomic mass is 16.2. The van der Waals surface area contributed by atoms with Gasteiger partial charge in [-0.25, -0.2) is 9.78 Å². The summed E-state index contributed by atoms with van der Waals surface area (Å²) in [6.07, 6.45) is 2.42. The van der Waals surface area contributed by atoms with Crippen molar-refractivity contribution in [1.82, 2.24) is 14.9 Å². The van der Waals surface area contributed by atoms with Crippen LogP contribution in [-0.4, -0.2) is 34.7 Å². The molecule has 0 saturated carbocycles. The lowest BCUT2D eigenvalue weighted by Crippen LogP contribution is -2.47. The normalized spacial score (nSPS) is 14.6. The van der Waals surface area contributed by atoms with Crippen LogP contribution < -0.4 is 21.1 Å². The number of nitrogens with zero attached hydrogens (tertiary/aromatic N) is 3. The van der Waals surface area contributed by atoms with Crippen LogP contribution in [0, 0.1) is 0 Å². The van der Waals surface area contributed by atoms with Gasteiger partial charge in [0.2, 0.25) is 0 Å². The summed E-state index contributed by atoms with van der Waals surface area (Å²) in [7, 11) is 0. The van der Waals surface area contributed by atoms with E-state index in [-0.39, 0.29) is 17.6 Å². The van der Waals surface area contributed by atoms with Crippen LogP contribution >= 0.6 is 0 Å². The molecule has 1 saturated heterocycles. The topological polar surface area (TPSA) is 79.3 Å². The Morgan fingerprint density at radius 1 is 1.07 bits per heavy atom. The second-order valence-corrected chi connectivity index (χ2v) is 7.61. The lowest BCUT2D eigenvalue weighted by atomic mass is 10.1. The maximum atomic E-state index is 13.1. The van der Waals surface area contributed by atoms with E-state index >= 15 is 0 Å². The average molecular weight is 406 g/mol. The van der Waals surface area contributed by atoms with Crippen molar-refractivity contribution < 1.29 is 4.79 Å². The summed E-state index contributed by atoms with van der Waals surface area (Å²) in [4.78, 5) is 32.1. The molecule has 1 aromatic heterocycles. The Morgan fingerprint density at radius 3 is 2.50 bits per heavy atom. The van der Waals surface area contributed by atoms with Gasteiger partial charge < -0.3 is 20.1 Å². The van der Waals surface area contributed by atoms with Crippen LogP contribution in [0.2, 0.25) is 0 Å². The van der Waals surface area contributed by atoms with Gasteiger partial charge in [0.05, 0.1) is 11.0 Å². The number of rotatable bonds is 5. The minimum absolute atomic E-state index is 0.0382. The minimum atomic E-state index is -0.200. The van der Waals surface area contributed by atoms with Crippen LogP contribution in [-0.2, 0) is 6.54 Å². The lowest BCUT2D eigenvalue weighted by molar-refractivity contribution is 0.246. The van der Waals surface area contributed by atoms with E-state index in [1.54, 1.807) is 0 Å². The van der Waals surface area contributed by atoms with Crippen LogP contribution in [0.5, 0.6) is 0 Å². The molecular formula is C23H27N5O2. The number of hydrogen-bond acceptors (Lipinski definition) is 4. The van der Waals surface area contributed by atoms with Crippen LogP contribution in [0.1, 0.15) is 26.2 Å². The molecule has 1 aliphatic heterocycles. The second kappa shape index (κ2) is 8.98. The number of hydrogen-bond donors (Lipinski definition) is 2. The van der Waals surface area contributed by atoms with Gasteiger partial charge in [-0.2, -0.15) is 0 Å².